The van der Waals surface area contributed by atoms with Gasteiger partial charge in [0.15, 0.2) is 5.60 Å². The summed E-state index contributed by atoms with van der Waals surface area (Å²) in [5.74, 6) is -2.06. The fraction of sp³-hybridized carbons (Fsp3) is 0.394. The van der Waals surface area contributed by atoms with E-state index in [1.54, 1.807) is 36.9 Å². The molecule has 0 fully saturated rings. The number of amides is 3. The van der Waals surface area contributed by atoms with Crippen molar-refractivity contribution in [1.82, 2.24) is 40.5 Å². The number of halogens is 1. The average molecular weight is 691 g/mol. The third-order valence-electron chi connectivity index (χ3n) is 8.87. The topological polar surface area (TPSA) is 209 Å². The van der Waals surface area contributed by atoms with E-state index in [4.69, 9.17) is 14.5 Å². The number of carbonyl (C=O) groups is 4. The summed E-state index contributed by atoms with van der Waals surface area (Å²) in [4.78, 5) is 64.7. The highest BCUT2D eigenvalue weighted by Crippen LogP contribution is 2.40. The van der Waals surface area contributed by atoms with Crippen LogP contribution in [0.1, 0.15) is 53.3 Å². The first-order valence-corrected chi connectivity index (χ1v) is 16.0. The smallest absolute Gasteiger partial charge is 0.343 e. The van der Waals surface area contributed by atoms with Crippen molar-refractivity contribution in [2.24, 2.45) is 0 Å². The van der Waals surface area contributed by atoms with E-state index in [1.165, 1.54) is 10.6 Å². The minimum atomic E-state index is -1.97. The molecule has 5 heterocycles. The van der Waals surface area contributed by atoms with Gasteiger partial charge in [0.25, 0.3) is 5.56 Å². The van der Waals surface area contributed by atoms with Crippen molar-refractivity contribution < 1.29 is 38.1 Å². The first kappa shape index (κ1) is 34.3. The van der Waals surface area contributed by atoms with E-state index in [2.05, 4.69) is 26.3 Å². The van der Waals surface area contributed by atoms with Gasteiger partial charge < -0.3 is 35.1 Å². The van der Waals surface area contributed by atoms with E-state index < -0.39 is 28.9 Å². The van der Waals surface area contributed by atoms with Gasteiger partial charge >= 0.3 is 5.97 Å². The molecule has 3 aromatic heterocycles. The standard InChI is InChI=1S/C33H35FN8O8/c1-3-33(48)24-8-27-30-22(13-42(27)31(46)23(24)14-50-32(33)47)21(20-7-18(2)25(34)9-26(20)38-30)12-41-11-19(39-40-41)5-4-6-36-29(45)15-49-17-37-28(44)10-35-16-43/h7-9,11,16,48H,3-6,10,12-15,17H2,1-2H3,(H,35,43)(H,36,45)(H,37,44)/t33-/m0/s1. The molecule has 1 aromatic carbocycles. The number of rotatable bonds is 14. The summed E-state index contributed by atoms with van der Waals surface area (Å²) in [5, 5.41) is 27.8. The first-order valence-electron chi connectivity index (χ1n) is 16.0. The molecule has 0 aliphatic carbocycles. The molecule has 3 amide bonds. The number of ether oxygens (including phenoxy) is 2. The maximum atomic E-state index is 14.8. The van der Waals surface area contributed by atoms with Crippen molar-refractivity contribution in [2.75, 3.05) is 26.4 Å². The van der Waals surface area contributed by atoms with Crippen LogP contribution < -0.4 is 21.5 Å². The quantitative estimate of drug-likeness (QED) is 0.0530. The van der Waals surface area contributed by atoms with E-state index in [0.29, 0.717) is 59.3 Å². The van der Waals surface area contributed by atoms with Crippen LogP contribution >= 0.6 is 0 Å². The Kier molecular flexibility index (Phi) is 9.70. The summed E-state index contributed by atoms with van der Waals surface area (Å²) in [6.07, 6.45) is 3.25. The van der Waals surface area contributed by atoms with Gasteiger partial charge in [-0.25, -0.2) is 18.9 Å². The second-order valence-electron chi connectivity index (χ2n) is 12.1. The third-order valence-corrected chi connectivity index (χ3v) is 8.87. The zero-order valence-corrected chi connectivity index (χ0v) is 27.4. The predicted molar refractivity (Wildman–Crippen MR) is 173 cm³/mol. The summed E-state index contributed by atoms with van der Waals surface area (Å²) in [6.45, 7) is 3.17. The van der Waals surface area contributed by atoms with Gasteiger partial charge in [0.2, 0.25) is 18.2 Å². The molecule has 16 nitrogen and oxygen atoms in total. The Morgan fingerprint density at radius 1 is 1.18 bits per heavy atom. The predicted octanol–water partition coefficient (Wildman–Crippen LogP) is 0.0520. The van der Waals surface area contributed by atoms with Crippen molar-refractivity contribution in [3.05, 3.63) is 74.1 Å². The van der Waals surface area contributed by atoms with Crippen molar-refractivity contribution in [2.45, 2.75) is 58.4 Å². The number of benzene rings is 1. The van der Waals surface area contributed by atoms with E-state index in [0.717, 1.165) is 11.1 Å². The number of pyridine rings is 2. The summed E-state index contributed by atoms with van der Waals surface area (Å²) >= 11 is 0. The Morgan fingerprint density at radius 3 is 2.78 bits per heavy atom. The van der Waals surface area contributed by atoms with Gasteiger partial charge in [-0.05, 0) is 49.4 Å². The Morgan fingerprint density at radius 2 is 2.00 bits per heavy atom. The zero-order chi connectivity index (χ0) is 35.6. The fourth-order valence-electron chi connectivity index (χ4n) is 6.19. The lowest BCUT2D eigenvalue weighted by molar-refractivity contribution is -0.172. The summed E-state index contributed by atoms with van der Waals surface area (Å²) in [6, 6.07) is 4.68. The lowest BCUT2D eigenvalue weighted by Crippen LogP contribution is -2.44. The number of esters is 1. The minimum Gasteiger partial charge on any atom is -0.458 e. The van der Waals surface area contributed by atoms with Gasteiger partial charge in [-0.2, -0.15) is 0 Å². The number of aliphatic hydroxyl groups is 1. The molecule has 2 aliphatic rings. The Balaban J connectivity index is 1.17. The van der Waals surface area contributed by atoms with Gasteiger partial charge in [0, 0.05) is 35.3 Å². The SMILES string of the molecule is CC[C@@]1(O)C(=O)OCc2c1cc1n(c2=O)Cc2c-1nc1cc(F)c(C)cc1c2Cn1cc(CCCNC(=O)COCNC(=O)CNC=O)nn1. The molecular weight excluding hydrogens is 655 g/mol. The van der Waals surface area contributed by atoms with Gasteiger partial charge in [-0.3, -0.25) is 19.2 Å². The Hall–Kier alpha value is -5.55. The second-order valence-corrected chi connectivity index (χ2v) is 12.1. The Bertz CT molecular complexity index is 2080. The molecule has 262 valence electrons. The van der Waals surface area contributed by atoms with E-state index >= 15 is 0 Å². The largest absolute Gasteiger partial charge is 0.458 e. The van der Waals surface area contributed by atoms with Crippen molar-refractivity contribution in [3.63, 3.8) is 0 Å². The minimum absolute atomic E-state index is 0.00895. The van der Waals surface area contributed by atoms with Crippen LogP contribution in [0.4, 0.5) is 4.39 Å². The van der Waals surface area contributed by atoms with E-state index in [9.17, 15) is 33.5 Å². The molecule has 0 saturated heterocycles. The average Bonchev–Trinajstić information content (AvgIpc) is 3.71. The summed E-state index contributed by atoms with van der Waals surface area (Å²) < 4.78 is 28.3. The molecule has 6 rings (SSSR count). The molecule has 0 unspecified atom stereocenters. The fourth-order valence-corrected chi connectivity index (χ4v) is 6.19. The highest BCUT2D eigenvalue weighted by atomic mass is 19.1. The lowest BCUT2D eigenvalue weighted by atomic mass is 9.86. The van der Waals surface area contributed by atoms with Crippen LogP contribution in [0.2, 0.25) is 0 Å². The number of aromatic nitrogens is 5. The molecule has 4 N–H and O–H groups in total. The van der Waals surface area contributed by atoms with Crippen LogP contribution in [-0.2, 0) is 60.4 Å². The van der Waals surface area contributed by atoms with Crippen LogP contribution in [0.3, 0.4) is 0 Å². The highest BCUT2D eigenvalue weighted by Gasteiger charge is 2.45. The van der Waals surface area contributed by atoms with Crippen molar-refractivity contribution in [3.8, 4) is 11.4 Å². The van der Waals surface area contributed by atoms with Gasteiger partial charge in [-0.15, -0.1) is 5.10 Å². The zero-order valence-electron chi connectivity index (χ0n) is 27.4. The molecule has 50 heavy (non-hydrogen) atoms. The number of nitrogens with one attached hydrogen (secondary N) is 3. The monoisotopic (exact) mass is 690 g/mol. The number of fused-ring (bicyclic) bond motifs is 5. The normalized spacial score (nSPS) is 16.0. The maximum absolute atomic E-state index is 14.8. The highest BCUT2D eigenvalue weighted by molar-refractivity contribution is 5.89. The van der Waals surface area contributed by atoms with Gasteiger partial charge in [-0.1, -0.05) is 12.1 Å². The van der Waals surface area contributed by atoms with Crippen LogP contribution in [0.5, 0.6) is 0 Å². The van der Waals surface area contributed by atoms with Crippen LogP contribution in [0.15, 0.2) is 29.2 Å². The van der Waals surface area contributed by atoms with Crippen molar-refractivity contribution in [1.29, 1.82) is 0 Å². The van der Waals surface area contributed by atoms with Crippen LogP contribution in [0, 0.1) is 12.7 Å². The number of cyclic esters (lactones) is 1. The van der Waals surface area contributed by atoms with Crippen molar-refractivity contribution >= 4 is 35.1 Å². The number of carbonyl (C=O) groups excluding carboxylic acids is 4. The molecule has 2 aliphatic heterocycles. The molecule has 4 aromatic rings. The van der Waals surface area contributed by atoms with E-state index in [1.807, 2.05) is 0 Å². The number of nitrogens with zero attached hydrogens (tertiary/aromatic N) is 5. The molecule has 0 saturated carbocycles. The molecule has 17 heteroatoms. The van der Waals surface area contributed by atoms with Crippen LogP contribution in [0.25, 0.3) is 22.3 Å². The number of hydrogen-bond donors (Lipinski definition) is 4. The number of hydrogen-bond acceptors (Lipinski definition) is 11. The summed E-state index contributed by atoms with van der Waals surface area (Å²) in [5.41, 5.74) is 1.87. The van der Waals surface area contributed by atoms with Gasteiger partial charge in [0.05, 0.1) is 47.8 Å². The van der Waals surface area contributed by atoms with E-state index in [-0.39, 0.29) is 63.0 Å². The van der Waals surface area contributed by atoms with Crippen LogP contribution in [-0.4, -0.2) is 80.3 Å². The summed E-state index contributed by atoms with van der Waals surface area (Å²) in [7, 11) is 0. The molecule has 0 bridgehead atoms. The molecule has 0 spiro atoms. The second kappa shape index (κ2) is 14.1. The first-order chi connectivity index (χ1) is 24.0. The Labute approximate surface area is 284 Å². The maximum Gasteiger partial charge on any atom is 0.343 e. The third kappa shape index (κ3) is 6.56. The molecule has 1 atom stereocenters. The lowest BCUT2D eigenvalue weighted by Gasteiger charge is -2.31. The molecule has 0 radical (unpaired) electrons. The number of aryl methyl sites for hydroxylation is 2. The van der Waals surface area contributed by atoms with Gasteiger partial charge in [0.1, 0.15) is 25.8 Å². The molecular formula is C33H35FN8O8.